The van der Waals surface area contributed by atoms with Gasteiger partial charge in [0.15, 0.2) is 0 Å². The Kier molecular flexibility index (Phi) is 5.63. The Bertz CT molecular complexity index is 1580. The average molecular weight is 472 g/mol. The second kappa shape index (κ2) is 8.76. The fourth-order valence-corrected chi connectivity index (χ4v) is 4.00. The molecular weight excluding hydrogens is 450 g/mol. The van der Waals surface area contributed by atoms with Crippen molar-refractivity contribution in [2.75, 3.05) is 0 Å². The maximum absolute atomic E-state index is 13.5. The summed E-state index contributed by atoms with van der Waals surface area (Å²) >= 11 is 5.92. The van der Waals surface area contributed by atoms with Crippen molar-refractivity contribution in [3.05, 3.63) is 110 Å². The summed E-state index contributed by atoms with van der Waals surface area (Å²) in [5.74, 6) is -0.510. The molecule has 170 valence electrons. The van der Waals surface area contributed by atoms with Gasteiger partial charge in [-0.1, -0.05) is 59.6 Å². The highest BCUT2D eigenvalue weighted by Crippen LogP contribution is 2.18. The molecule has 1 N–H and O–H groups in total. The van der Waals surface area contributed by atoms with E-state index in [1.54, 1.807) is 16.7 Å². The van der Waals surface area contributed by atoms with Crippen LogP contribution in [0.25, 0.3) is 16.7 Å². The number of carbonyl (C=O) groups is 1. The molecule has 5 rings (SSSR count). The van der Waals surface area contributed by atoms with Crippen LogP contribution in [0.15, 0.2) is 71.5 Å². The zero-order valence-electron chi connectivity index (χ0n) is 18.7. The SMILES string of the molecule is Cc1ccc(Cn2c(=O)c3nc(C(=O)NCc4ccc(Cl)cc4)nn3c3ccc(C)cc32)cc1. The van der Waals surface area contributed by atoms with Gasteiger partial charge in [0.1, 0.15) is 0 Å². The molecule has 2 aromatic heterocycles. The Balaban J connectivity index is 1.55. The molecule has 0 saturated carbocycles. The normalized spacial score (nSPS) is 11.3. The van der Waals surface area contributed by atoms with Gasteiger partial charge < -0.3 is 5.32 Å². The summed E-state index contributed by atoms with van der Waals surface area (Å²) in [6.07, 6.45) is 0. The first-order chi connectivity index (χ1) is 16.4. The van der Waals surface area contributed by atoms with E-state index in [-0.39, 0.29) is 17.0 Å². The molecule has 0 radical (unpaired) electrons. The van der Waals surface area contributed by atoms with Gasteiger partial charge in [-0.25, -0.2) is 4.52 Å². The van der Waals surface area contributed by atoms with E-state index in [9.17, 15) is 9.59 Å². The molecule has 0 fully saturated rings. The lowest BCUT2D eigenvalue weighted by Gasteiger charge is -2.12. The summed E-state index contributed by atoms with van der Waals surface area (Å²) in [4.78, 5) is 30.6. The average Bonchev–Trinajstić information content (AvgIpc) is 3.28. The predicted molar refractivity (Wildman–Crippen MR) is 132 cm³/mol. The van der Waals surface area contributed by atoms with Gasteiger partial charge in [0.05, 0.1) is 17.6 Å². The lowest BCUT2D eigenvalue weighted by atomic mass is 10.1. The predicted octanol–water partition coefficient (Wildman–Crippen LogP) is 4.29. The molecule has 0 aliphatic rings. The molecular formula is C26H22ClN5O2. The van der Waals surface area contributed by atoms with Crippen LogP contribution in [-0.4, -0.2) is 25.1 Å². The standard InChI is InChI=1S/C26H22ClN5O2/c1-16-3-6-19(7-4-16)15-31-22-13-17(2)5-12-21(22)32-24(26(31)34)29-23(30-32)25(33)28-14-18-8-10-20(27)11-9-18/h3-13H,14-15H2,1-2H3,(H,28,33). The number of benzene rings is 3. The van der Waals surface area contributed by atoms with E-state index in [1.165, 1.54) is 4.52 Å². The van der Waals surface area contributed by atoms with E-state index in [1.807, 2.05) is 68.4 Å². The van der Waals surface area contributed by atoms with Crippen molar-refractivity contribution in [1.82, 2.24) is 24.5 Å². The number of amides is 1. The minimum absolute atomic E-state index is 0.0546. The summed E-state index contributed by atoms with van der Waals surface area (Å²) in [6.45, 7) is 4.68. The third kappa shape index (κ3) is 4.18. The van der Waals surface area contributed by atoms with Gasteiger partial charge in [0.2, 0.25) is 11.5 Å². The van der Waals surface area contributed by atoms with Crippen LogP contribution in [0, 0.1) is 13.8 Å². The number of hydrogen-bond acceptors (Lipinski definition) is 4. The Morgan fingerprint density at radius 2 is 1.59 bits per heavy atom. The molecule has 0 unspecified atom stereocenters. The lowest BCUT2D eigenvalue weighted by Crippen LogP contribution is -2.24. The Hall–Kier alpha value is -3.97. The van der Waals surface area contributed by atoms with Crippen LogP contribution in [0.2, 0.25) is 5.02 Å². The van der Waals surface area contributed by atoms with Crippen LogP contribution in [0.4, 0.5) is 0 Å². The van der Waals surface area contributed by atoms with Crippen molar-refractivity contribution < 1.29 is 4.79 Å². The van der Waals surface area contributed by atoms with Gasteiger partial charge in [-0.3, -0.25) is 14.2 Å². The zero-order chi connectivity index (χ0) is 23.8. The van der Waals surface area contributed by atoms with Crippen LogP contribution >= 0.6 is 11.6 Å². The molecule has 0 spiro atoms. The number of carbonyl (C=O) groups excluding carboxylic acids is 1. The molecule has 3 aromatic carbocycles. The summed E-state index contributed by atoms with van der Waals surface area (Å²) in [5, 5.41) is 7.81. The van der Waals surface area contributed by atoms with Crippen molar-refractivity contribution in [2.24, 2.45) is 0 Å². The molecule has 0 aliphatic carbocycles. The number of hydrogen-bond donors (Lipinski definition) is 1. The highest BCUT2D eigenvalue weighted by molar-refractivity contribution is 6.30. The summed E-state index contributed by atoms with van der Waals surface area (Å²) in [7, 11) is 0. The quantitative estimate of drug-likeness (QED) is 0.414. The molecule has 5 aromatic rings. The molecule has 2 heterocycles. The van der Waals surface area contributed by atoms with Gasteiger partial charge in [0.25, 0.3) is 11.5 Å². The summed E-state index contributed by atoms with van der Waals surface area (Å²) in [6, 6.07) is 21.0. The molecule has 34 heavy (non-hydrogen) atoms. The number of halogens is 1. The van der Waals surface area contributed by atoms with Crippen molar-refractivity contribution in [3.63, 3.8) is 0 Å². The molecule has 0 atom stereocenters. The number of aromatic nitrogens is 4. The van der Waals surface area contributed by atoms with Crippen LogP contribution in [0.3, 0.4) is 0 Å². The summed E-state index contributed by atoms with van der Waals surface area (Å²) < 4.78 is 3.15. The molecule has 1 amide bonds. The second-order valence-corrected chi connectivity index (χ2v) is 8.79. The number of aryl methyl sites for hydroxylation is 2. The van der Waals surface area contributed by atoms with Gasteiger partial charge in [-0.15, -0.1) is 5.10 Å². The van der Waals surface area contributed by atoms with Gasteiger partial charge in [-0.05, 0) is 54.8 Å². The van der Waals surface area contributed by atoms with Crippen LogP contribution in [-0.2, 0) is 13.1 Å². The minimum Gasteiger partial charge on any atom is -0.345 e. The minimum atomic E-state index is -0.455. The molecule has 7 nitrogen and oxygen atoms in total. The fraction of sp³-hybridized carbons (Fsp3) is 0.154. The van der Waals surface area contributed by atoms with Gasteiger partial charge in [0, 0.05) is 11.6 Å². The van der Waals surface area contributed by atoms with E-state index >= 15 is 0 Å². The highest BCUT2D eigenvalue weighted by Gasteiger charge is 2.19. The summed E-state index contributed by atoms with van der Waals surface area (Å²) in [5.41, 5.74) is 5.31. The largest absolute Gasteiger partial charge is 0.345 e. The third-order valence-electron chi connectivity index (χ3n) is 5.72. The second-order valence-electron chi connectivity index (χ2n) is 8.35. The van der Waals surface area contributed by atoms with Gasteiger partial charge in [-0.2, -0.15) is 4.98 Å². The van der Waals surface area contributed by atoms with Crippen molar-refractivity contribution in [1.29, 1.82) is 0 Å². The first-order valence-electron chi connectivity index (χ1n) is 10.9. The van der Waals surface area contributed by atoms with E-state index in [0.717, 1.165) is 27.8 Å². The lowest BCUT2D eigenvalue weighted by molar-refractivity contribution is 0.0941. The van der Waals surface area contributed by atoms with Crippen molar-refractivity contribution >= 4 is 34.2 Å². The molecule has 0 bridgehead atoms. The number of fused-ring (bicyclic) bond motifs is 3. The molecule has 0 saturated heterocycles. The van der Waals surface area contributed by atoms with Crippen molar-refractivity contribution in [2.45, 2.75) is 26.9 Å². The number of rotatable bonds is 5. The smallest absolute Gasteiger partial charge is 0.296 e. The molecule has 0 aliphatic heterocycles. The van der Waals surface area contributed by atoms with E-state index in [2.05, 4.69) is 15.4 Å². The topological polar surface area (TPSA) is 81.3 Å². The maximum Gasteiger partial charge on any atom is 0.296 e. The van der Waals surface area contributed by atoms with E-state index in [0.29, 0.717) is 23.6 Å². The van der Waals surface area contributed by atoms with Gasteiger partial charge >= 0.3 is 0 Å². The van der Waals surface area contributed by atoms with Crippen molar-refractivity contribution in [3.8, 4) is 0 Å². The van der Waals surface area contributed by atoms with Crippen LogP contribution < -0.4 is 10.9 Å². The first-order valence-corrected chi connectivity index (χ1v) is 11.2. The Labute approximate surface area is 200 Å². The fourth-order valence-electron chi connectivity index (χ4n) is 3.87. The monoisotopic (exact) mass is 471 g/mol. The third-order valence-corrected chi connectivity index (χ3v) is 5.98. The molecule has 8 heteroatoms. The zero-order valence-corrected chi connectivity index (χ0v) is 19.5. The first kappa shape index (κ1) is 21.9. The Morgan fingerprint density at radius 1 is 0.912 bits per heavy atom. The van der Waals surface area contributed by atoms with Crippen LogP contribution in [0.5, 0.6) is 0 Å². The number of nitrogens with zero attached hydrogens (tertiary/aromatic N) is 4. The highest BCUT2D eigenvalue weighted by atomic mass is 35.5. The maximum atomic E-state index is 13.5. The van der Waals surface area contributed by atoms with Crippen LogP contribution in [0.1, 0.15) is 32.9 Å². The van der Waals surface area contributed by atoms with E-state index in [4.69, 9.17) is 11.6 Å². The van der Waals surface area contributed by atoms with E-state index < -0.39 is 5.91 Å². The Morgan fingerprint density at radius 3 is 2.32 bits per heavy atom. The number of nitrogens with one attached hydrogen (secondary N) is 1.